The molecule has 0 saturated carbocycles. The summed E-state index contributed by atoms with van der Waals surface area (Å²) in [5.41, 5.74) is 2.10. The number of nitro groups is 1. The van der Waals surface area contributed by atoms with Crippen molar-refractivity contribution in [1.82, 2.24) is 10.2 Å². The van der Waals surface area contributed by atoms with Crippen LogP contribution in [0, 0.1) is 10.1 Å². The van der Waals surface area contributed by atoms with E-state index < -0.39 is 0 Å². The third-order valence-electron chi connectivity index (χ3n) is 4.08. The summed E-state index contributed by atoms with van der Waals surface area (Å²) in [7, 11) is 0. The number of amides is 1. The molecule has 1 fully saturated rings. The van der Waals surface area contributed by atoms with E-state index in [1.165, 1.54) is 6.07 Å². The second-order valence-corrected chi connectivity index (χ2v) is 5.37. The van der Waals surface area contributed by atoms with Gasteiger partial charge in [0.05, 0.1) is 11.0 Å². The Morgan fingerprint density at radius 3 is 2.95 bits per heavy atom. The van der Waals surface area contributed by atoms with E-state index in [-0.39, 0.29) is 22.6 Å². The molecule has 6 nitrogen and oxygen atoms in total. The first-order chi connectivity index (χ1) is 9.65. The van der Waals surface area contributed by atoms with Crippen molar-refractivity contribution in [3.8, 4) is 0 Å². The lowest BCUT2D eigenvalue weighted by Gasteiger charge is -2.30. The van der Waals surface area contributed by atoms with E-state index >= 15 is 0 Å². The molecule has 2 heterocycles. The van der Waals surface area contributed by atoms with Gasteiger partial charge in [0.1, 0.15) is 0 Å². The molecular formula is C14H17N3O3. The van der Waals surface area contributed by atoms with Crippen LogP contribution in [-0.4, -0.2) is 34.9 Å². The summed E-state index contributed by atoms with van der Waals surface area (Å²) in [4.78, 5) is 24.6. The maximum atomic E-state index is 12.4. The molecule has 0 aromatic heterocycles. The van der Waals surface area contributed by atoms with Crippen LogP contribution in [-0.2, 0) is 17.8 Å². The van der Waals surface area contributed by atoms with Gasteiger partial charge in [-0.2, -0.15) is 0 Å². The van der Waals surface area contributed by atoms with Crippen LogP contribution < -0.4 is 5.32 Å². The highest BCUT2D eigenvalue weighted by molar-refractivity contribution is 5.82. The highest BCUT2D eigenvalue weighted by atomic mass is 16.6. The van der Waals surface area contributed by atoms with E-state index in [1.54, 1.807) is 6.07 Å². The standard InChI is InChI=1S/C14H17N3O3/c18-14(13-2-1-6-15-13)16-7-5-10-3-4-12(17(19)20)8-11(10)9-16/h3-4,8,13,15H,1-2,5-7,9H2. The molecule has 1 saturated heterocycles. The minimum atomic E-state index is -0.389. The van der Waals surface area contributed by atoms with Crippen LogP contribution in [0.5, 0.6) is 0 Å². The first-order valence-corrected chi connectivity index (χ1v) is 6.93. The monoisotopic (exact) mass is 275 g/mol. The average Bonchev–Trinajstić information content (AvgIpc) is 2.99. The second kappa shape index (κ2) is 5.20. The first kappa shape index (κ1) is 13.1. The van der Waals surface area contributed by atoms with Crippen molar-refractivity contribution in [3.63, 3.8) is 0 Å². The molecular weight excluding hydrogens is 258 g/mol. The van der Waals surface area contributed by atoms with Crippen molar-refractivity contribution in [2.45, 2.75) is 31.8 Å². The largest absolute Gasteiger partial charge is 0.337 e. The maximum Gasteiger partial charge on any atom is 0.269 e. The van der Waals surface area contributed by atoms with Crippen LogP contribution >= 0.6 is 0 Å². The highest BCUT2D eigenvalue weighted by Gasteiger charge is 2.29. The van der Waals surface area contributed by atoms with Gasteiger partial charge in [-0.3, -0.25) is 14.9 Å². The number of carbonyl (C=O) groups is 1. The van der Waals surface area contributed by atoms with Gasteiger partial charge in [0.2, 0.25) is 5.91 Å². The van der Waals surface area contributed by atoms with Crippen molar-refractivity contribution < 1.29 is 9.72 Å². The number of non-ortho nitro benzene ring substituents is 1. The van der Waals surface area contributed by atoms with Crippen LogP contribution in [0.15, 0.2) is 18.2 Å². The Labute approximate surface area is 116 Å². The number of rotatable bonds is 2. The van der Waals surface area contributed by atoms with E-state index in [9.17, 15) is 14.9 Å². The summed E-state index contributed by atoms with van der Waals surface area (Å²) in [6.07, 6.45) is 2.69. The Morgan fingerprint density at radius 2 is 2.25 bits per heavy atom. The van der Waals surface area contributed by atoms with Crippen molar-refractivity contribution in [3.05, 3.63) is 39.4 Å². The zero-order chi connectivity index (χ0) is 14.1. The molecule has 6 heteroatoms. The van der Waals surface area contributed by atoms with Crippen LogP contribution in [0.1, 0.15) is 24.0 Å². The van der Waals surface area contributed by atoms with Crippen LogP contribution in [0.4, 0.5) is 5.69 Å². The van der Waals surface area contributed by atoms with E-state index in [2.05, 4.69) is 5.32 Å². The molecule has 2 aliphatic heterocycles. The number of fused-ring (bicyclic) bond motifs is 1. The lowest BCUT2D eigenvalue weighted by molar-refractivity contribution is -0.385. The van der Waals surface area contributed by atoms with Gasteiger partial charge in [-0.1, -0.05) is 6.07 Å². The van der Waals surface area contributed by atoms with Crippen molar-refractivity contribution >= 4 is 11.6 Å². The van der Waals surface area contributed by atoms with Gasteiger partial charge in [-0.05, 0) is 36.9 Å². The third kappa shape index (κ3) is 2.38. The molecule has 0 bridgehead atoms. The summed E-state index contributed by atoms with van der Waals surface area (Å²) in [5.74, 6) is 0.125. The van der Waals surface area contributed by atoms with Crippen LogP contribution in [0.25, 0.3) is 0 Å². The normalized spacial score (nSPS) is 21.6. The summed E-state index contributed by atoms with van der Waals surface area (Å²) in [6.45, 7) is 2.07. The number of hydrogen-bond donors (Lipinski definition) is 1. The molecule has 106 valence electrons. The Bertz CT molecular complexity index is 553. The molecule has 1 atom stereocenters. The van der Waals surface area contributed by atoms with Gasteiger partial charge >= 0.3 is 0 Å². The number of hydrogen-bond acceptors (Lipinski definition) is 4. The van der Waals surface area contributed by atoms with E-state index in [0.29, 0.717) is 13.1 Å². The predicted octanol–water partition coefficient (Wildman–Crippen LogP) is 1.23. The van der Waals surface area contributed by atoms with Gasteiger partial charge in [0.15, 0.2) is 0 Å². The SMILES string of the molecule is O=C(C1CCCN1)N1CCc2ccc([N+](=O)[O-])cc2C1. The number of benzene rings is 1. The summed E-state index contributed by atoms with van der Waals surface area (Å²) >= 11 is 0. The quantitative estimate of drug-likeness (QED) is 0.650. The molecule has 1 aromatic carbocycles. The maximum absolute atomic E-state index is 12.4. The van der Waals surface area contributed by atoms with E-state index in [4.69, 9.17) is 0 Å². The Balaban J connectivity index is 1.78. The molecule has 1 aromatic rings. The fraction of sp³-hybridized carbons (Fsp3) is 0.500. The predicted molar refractivity (Wildman–Crippen MR) is 73.2 cm³/mol. The van der Waals surface area contributed by atoms with Crippen LogP contribution in [0.2, 0.25) is 0 Å². The number of nitrogens with zero attached hydrogens (tertiary/aromatic N) is 2. The van der Waals surface area contributed by atoms with Crippen molar-refractivity contribution in [1.29, 1.82) is 0 Å². The second-order valence-electron chi connectivity index (χ2n) is 5.37. The van der Waals surface area contributed by atoms with Gasteiger partial charge in [-0.15, -0.1) is 0 Å². The van der Waals surface area contributed by atoms with E-state index in [1.807, 2.05) is 11.0 Å². The van der Waals surface area contributed by atoms with Gasteiger partial charge in [-0.25, -0.2) is 0 Å². The Hall–Kier alpha value is -1.95. The summed E-state index contributed by atoms with van der Waals surface area (Å²) in [6, 6.07) is 4.87. The number of nitro benzene ring substituents is 1. The third-order valence-corrected chi connectivity index (χ3v) is 4.08. The van der Waals surface area contributed by atoms with Gasteiger partial charge in [0, 0.05) is 25.2 Å². The van der Waals surface area contributed by atoms with Crippen molar-refractivity contribution in [2.24, 2.45) is 0 Å². The molecule has 2 aliphatic rings. The summed E-state index contributed by atoms with van der Waals surface area (Å²) < 4.78 is 0. The first-order valence-electron chi connectivity index (χ1n) is 6.93. The lowest BCUT2D eigenvalue weighted by Crippen LogP contribution is -2.45. The van der Waals surface area contributed by atoms with Crippen molar-refractivity contribution in [2.75, 3.05) is 13.1 Å². The molecule has 0 radical (unpaired) electrons. The van der Waals surface area contributed by atoms with E-state index in [0.717, 1.165) is 36.9 Å². The molecule has 1 amide bonds. The zero-order valence-corrected chi connectivity index (χ0v) is 11.2. The lowest BCUT2D eigenvalue weighted by atomic mass is 9.98. The molecule has 0 spiro atoms. The number of carbonyl (C=O) groups excluding carboxylic acids is 1. The fourth-order valence-corrected chi connectivity index (χ4v) is 2.96. The summed E-state index contributed by atoms with van der Waals surface area (Å²) in [5, 5.41) is 14.0. The highest BCUT2D eigenvalue weighted by Crippen LogP contribution is 2.24. The zero-order valence-electron chi connectivity index (χ0n) is 11.2. The van der Waals surface area contributed by atoms with Gasteiger partial charge < -0.3 is 10.2 Å². The van der Waals surface area contributed by atoms with Gasteiger partial charge in [0.25, 0.3) is 5.69 Å². The fourth-order valence-electron chi connectivity index (χ4n) is 2.96. The Kier molecular flexibility index (Phi) is 3.40. The Morgan fingerprint density at radius 1 is 1.40 bits per heavy atom. The topological polar surface area (TPSA) is 75.5 Å². The van der Waals surface area contributed by atoms with Crippen LogP contribution in [0.3, 0.4) is 0 Å². The smallest absolute Gasteiger partial charge is 0.269 e. The average molecular weight is 275 g/mol. The number of nitrogens with one attached hydrogen (secondary N) is 1. The molecule has 3 rings (SSSR count). The molecule has 1 unspecified atom stereocenters. The minimum Gasteiger partial charge on any atom is -0.337 e. The molecule has 20 heavy (non-hydrogen) atoms. The molecule has 1 N–H and O–H groups in total. The minimum absolute atomic E-state index is 0.0738. The molecule has 0 aliphatic carbocycles.